The molecular formula is C58H38N2S. The zero-order valence-corrected chi connectivity index (χ0v) is 34.3. The van der Waals surface area contributed by atoms with E-state index in [-0.39, 0.29) is 5.41 Å². The van der Waals surface area contributed by atoms with E-state index in [0.717, 1.165) is 28.1 Å². The average molecular weight is 795 g/mol. The van der Waals surface area contributed by atoms with E-state index in [2.05, 4.69) is 213 Å². The van der Waals surface area contributed by atoms with Crippen molar-refractivity contribution in [2.24, 2.45) is 0 Å². The van der Waals surface area contributed by atoms with E-state index >= 15 is 0 Å². The first kappa shape index (κ1) is 35.5. The molecule has 0 aliphatic heterocycles. The molecule has 1 aliphatic carbocycles. The summed E-state index contributed by atoms with van der Waals surface area (Å²) in [5.41, 5.74) is 15.9. The molecule has 0 saturated carbocycles. The second-order valence-electron chi connectivity index (χ2n) is 16.2. The molecule has 1 aliphatic rings. The lowest BCUT2D eigenvalue weighted by Crippen LogP contribution is -2.22. The van der Waals surface area contributed by atoms with Crippen molar-refractivity contribution in [3.05, 3.63) is 229 Å². The lowest BCUT2D eigenvalue weighted by atomic mass is 9.74. The SMILES string of the molecule is CC1(c2ccccc2)c2ccccc2-c2c(-c3cc(-c4ccc(-c5ccc(-c6cccc7c6sc6ccccc67)c6ccccc56)cc4)nc(-c4ccccc4)n3)cccc21. The van der Waals surface area contributed by atoms with Gasteiger partial charge in [0.2, 0.25) is 0 Å². The maximum absolute atomic E-state index is 5.32. The van der Waals surface area contributed by atoms with Gasteiger partial charge >= 0.3 is 0 Å². The minimum atomic E-state index is -0.300. The monoisotopic (exact) mass is 794 g/mol. The minimum Gasteiger partial charge on any atom is -0.228 e. The zero-order valence-electron chi connectivity index (χ0n) is 33.5. The van der Waals surface area contributed by atoms with E-state index in [9.17, 15) is 0 Å². The van der Waals surface area contributed by atoms with Crippen LogP contribution in [-0.2, 0) is 5.41 Å². The molecule has 286 valence electrons. The van der Waals surface area contributed by atoms with E-state index in [1.54, 1.807) is 0 Å². The quantitative estimate of drug-likeness (QED) is 0.168. The Hall–Kier alpha value is -7.46. The molecule has 0 N–H and O–H groups in total. The zero-order chi connectivity index (χ0) is 40.5. The Kier molecular flexibility index (Phi) is 8.19. The summed E-state index contributed by atoms with van der Waals surface area (Å²) in [4.78, 5) is 10.6. The summed E-state index contributed by atoms with van der Waals surface area (Å²) in [5, 5.41) is 5.13. The van der Waals surface area contributed by atoms with Crippen LogP contribution in [0.2, 0.25) is 0 Å². The van der Waals surface area contributed by atoms with Gasteiger partial charge < -0.3 is 0 Å². The highest BCUT2D eigenvalue weighted by Gasteiger charge is 2.41. The number of aromatic nitrogens is 2. The average Bonchev–Trinajstić information content (AvgIpc) is 3.85. The topological polar surface area (TPSA) is 25.8 Å². The number of hydrogen-bond donors (Lipinski definition) is 0. The largest absolute Gasteiger partial charge is 0.228 e. The molecule has 61 heavy (non-hydrogen) atoms. The van der Waals surface area contributed by atoms with Crippen LogP contribution in [0.4, 0.5) is 0 Å². The van der Waals surface area contributed by atoms with E-state index in [1.807, 2.05) is 17.4 Å². The van der Waals surface area contributed by atoms with E-state index in [0.29, 0.717) is 5.82 Å². The molecule has 0 spiro atoms. The molecule has 9 aromatic carbocycles. The van der Waals surface area contributed by atoms with Crippen molar-refractivity contribution in [3.63, 3.8) is 0 Å². The maximum Gasteiger partial charge on any atom is 0.160 e. The van der Waals surface area contributed by atoms with Crippen LogP contribution >= 0.6 is 11.3 Å². The fraction of sp³-hybridized carbons (Fsp3) is 0.0345. The van der Waals surface area contributed by atoms with Gasteiger partial charge in [-0.05, 0) is 74.3 Å². The Morgan fingerprint density at radius 2 is 0.951 bits per heavy atom. The van der Waals surface area contributed by atoms with Gasteiger partial charge in [0.15, 0.2) is 5.82 Å². The molecule has 2 aromatic heterocycles. The number of fused-ring (bicyclic) bond motifs is 7. The van der Waals surface area contributed by atoms with Gasteiger partial charge in [0, 0.05) is 47.8 Å². The van der Waals surface area contributed by atoms with Gasteiger partial charge in [-0.1, -0.05) is 200 Å². The van der Waals surface area contributed by atoms with Gasteiger partial charge in [-0.25, -0.2) is 9.97 Å². The summed E-state index contributed by atoms with van der Waals surface area (Å²) in [5.74, 6) is 0.710. The Balaban J connectivity index is 0.977. The number of rotatable bonds is 6. The van der Waals surface area contributed by atoms with Gasteiger partial charge in [-0.2, -0.15) is 0 Å². The van der Waals surface area contributed by atoms with Crippen LogP contribution in [0.25, 0.3) is 98.2 Å². The Labute approximate surface area is 359 Å². The molecule has 0 radical (unpaired) electrons. The van der Waals surface area contributed by atoms with E-state index in [1.165, 1.54) is 81.0 Å². The first-order valence-corrected chi connectivity index (χ1v) is 21.7. The summed E-state index contributed by atoms with van der Waals surface area (Å²) in [6.07, 6.45) is 0. The van der Waals surface area contributed by atoms with Crippen molar-refractivity contribution in [1.82, 2.24) is 9.97 Å². The lowest BCUT2D eigenvalue weighted by Gasteiger charge is -2.28. The molecule has 0 saturated heterocycles. The van der Waals surface area contributed by atoms with Crippen molar-refractivity contribution in [2.45, 2.75) is 12.3 Å². The van der Waals surface area contributed by atoms with Crippen molar-refractivity contribution in [2.75, 3.05) is 0 Å². The highest BCUT2D eigenvalue weighted by atomic mass is 32.1. The molecule has 2 heterocycles. The van der Waals surface area contributed by atoms with Crippen LogP contribution in [0.1, 0.15) is 23.6 Å². The molecule has 11 aromatic rings. The highest BCUT2D eigenvalue weighted by Crippen LogP contribution is 2.55. The second kappa shape index (κ2) is 14.1. The number of benzene rings is 9. The highest BCUT2D eigenvalue weighted by molar-refractivity contribution is 7.26. The second-order valence-corrected chi connectivity index (χ2v) is 17.2. The summed E-state index contributed by atoms with van der Waals surface area (Å²) < 4.78 is 2.65. The fourth-order valence-electron chi connectivity index (χ4n) is 9.85. The van der Waals surface area contributed by atoms with Gasteiger partial charge in [0.1, 0.15) is 0 Å². The van der Waals surface area contributed by atoms with Gasteiger partial charge in [0.25, 0.3) is 0 Å². The molecule has 1 unspecified atom stereocenters. The van der Waals surface area contributed by atoms with Crippen molar-refractivity contribution in [3.8, 4) is 67.3 Å². The molecule has 2 nitrogen and oxygen atoms in total. The van der Waals surface area contributed by atoms with Gasteiger partial charge in [-0.3, -0.25) is 0 Å². The number of hydrogen-bond acceptors (Lipinski definition) is 3. The molecule has 3 heteroatoms. The molecule has 0 fully saturated rings. The standard InChI is InChI=1S/C58H38N2S/c1-58(40-18-6-3-7-19-40)50-27-12-10-23-48(50)55-49(26-15-28-51(55)58)53-36-52(59-57(60-53)39-16-4-2-5-17-39)38-32-30-37(31-33-38)41-34-35-44(43-21-9-8-20-42(41)43)46-24-14-25-47-45-22-11-13-29-54(45)61-56(46)47/h2-36H,1H3. The van der Waals surface area contributed by atoms with Crippen LogP contribution in [0.15, 0.2) is 212 Å². The first-order chi connectivity index (χ1) is 30.1. The summed E-state index contributed by atoms with van der Waals surface area (Å²) in [6, 6.07) is 76.8. The van der Waals surface area contributed by atoms with Crippen molar-refractivity contribution < 1.29 is 0 Å². The molecular weight excluding hydrogens is 757 g/mol. The number of nitrogens with zero attached hydrogens (tertiary/aromatic N) is 2. The van der Waals surface area contributed by atoms with Crippen molar-refractivity contribution in [1.29, 1.82) is 0 Å². The Morgan fingerprint density at radius 3 is 1.77 bits per heavy atom. The third kappa shape index (κ3) is 5.62. The normalized spacial score (nSPS) is 14.4. The maximum atomic E-state index is 5.32. The third-order valence-electron chi connectivity index (χ3n) is 12.8. The predicted molar refractivity (Wildman–Crippen MR) is 257 cm³/mol. The van der Waals surface area contributed by atoms with Crippen LogP contribution in [0.5, 0.6) is 0 Å². The first-order valence-electron chi connectivity index (χ1n) is 20.9. The summed E-state index contributed by atoms with van der Waals surface area (Å²) >= 11 is 1.88. The lowest BCUT2D eigenvalue weighted by molar-refractivity contribution is 0.714. The van der Waals surface area contributed by atoms with Gasteiger partial charge in [-0.15, -0.1) is 11.3 Å². The minimum absolute atomic E-state index is 0.300. The molecule has 12 rings (SSSR count). The molecule has 0 bridgehead atoms. The van der Waals surface area contributed by atoms with Crippen molar-refractivity contribution >= 4 is 42.3 Å². The number of thiophene rings is 1. The Morgan fingerprint density at radius 1 is 0.377 bits per heavy atom. The molecule has 1 atom stereocenters. The third-order valence-corrected chi connectivity index (χ3v) is 14.1. The smallest absolute Gasteiger partial charge is 0.160 e. The summed E-state index contributed by atoms with van der Waals surface area (Å²) in [6.45, 7) is 2.36. The van der Waals surface area contributed by atoms with Crippen LogP contribution in [0.3, 0.4) is 0 Å². The van der Waals surface area contributed by atoms with Crippen LogP contribution in [-0.4, -0.2) is 9.97 Å². The van der Waals surface area contributed by atoms with Crippen LogP contribution in [0, 0.1) is 0 Å². The van der Waals surface area contributed by atoms with E-state index < -0.39 is 0 Å². The Bertz CT molecular complexity index is 3480. The van der Waals surface area contributed by atoms with Gasteiger partial charge in [0.05, 0.1) is 11.4 Å². The van der Waals surface area contributed by atoms with E-state index in [4.69, 9.17) is 9.97 Å². The fourth-order valence-corrected chi connectivity index (χ4v) is 11.1. The summed E-state index contributed by atoms with van der Waals surface area (Å²) in [7, 11) is 0. The predicted octanol–water partition coefficient (Wildman–Crippen LogP) is 15.7. The van der Waals surface area contributed by atoms with Crippen LogP contribution < -0.4 is 0 Å². The molecule has 0 amide bonds.